The number of benzene rings is 1. The SMILES string of the molecule is CCCNC(c1ccccc1I)c1occc1Br. The van der Waals surface area contributed by atoms with Crippen LogP contribution >= 0.6 is 38.5 Å². The molecule has 0 radical (unpaired) electrons. The standard InChI is InChI=1S/C14H15BrINO/c1-2-8-17-13(14-11(15)7-9-18-14)10-5-3-4-6-12(10)16/h3-7,9,13,17H,2,8H2,1H3. The predicted molar refractivity (Wildman–Crippen MR) is 85.7 cm³/mol. The van der Waals surface area contributed by atoms with Gasteiger partial charge in [-0.15, -0.1) is 0 Å². The van der Waals surface area contributed by atoms with Crippen LogP contribution in [0.15, 0.2) is 45.5 Å². The fourth-order valence-electron chi connectivity index (χ4n) is 1.85. The van der Waals surface area contributed by atoms with Gasteiger partial charge in [-0.05, 0) is 69.2 Å². The lowest BCUT2D eigenvalue weighted by atomic mass is 10.0. The van der Waals surface area contributed by atoms with E-state index in [1.165, 1.54) is 9.13 Å². The first-order valence-corrected chi connectivity index (χ1v) is 7.82. The molecule has 0 saturated carbocycles. The number of halogens is 2. The highest BCUT2D eigenvalue weighted by Gasteiger charge is 2.21. The van der Waals surface area contributed by atoms with E-state index in [1.807, 2.05) is 6.07 Å². The second kappa shape index (κ2) is 6.73. The summed E-state index contributed by atoms with van der Waals surface area (Å²) < 4.78 is 7.87. The summed E-state index contributed by atoms with van der Waals surface area (Å²) in [7, 11) is 0. The van der Waals surface area contributed by atoms with E-state index in [1.54, 1.807) is 6.26 Å². The van der Waals surface area contributed by atoms with Crippen LogP contribution in [0.1, 0.15) is 30.7 Å². The molecule has 1 aromatic carbocycles. The molecule has 0 aliphatic heterocycles. The summed E-state index contributed by atoms with van der Waals surface area (Å²) in [6.07, 6.45) is 2.81. The predicted octanol–water partition coefficient (Wildman–Crippen LogP) is 4.74. The van der Waals surface area contributed by atoms with Gasteiger partial charge < -0.3 is 9.73 Å². The summed E-state index contributed by atoms with van der Waals surface area (Å²) in [5.41, 5.74) is 1.25. The third-order valence-corrected chi connectivity index (χ3v) is 4.36. The van der Waals surface area contributed by atoms with Crippen LogP contribution < -0.4 is 5.32 Å². The van der Waals surface area contributed by atoms with Crippen LogP contribution in [0.4, 0.5) is 0 Å². The van der Waals surface area contributed by atoms with Crippen molar-refractivity contribution in [1.82, 2.24) is 5.32 Å². The van der Waals surface area contributed by atoms with Crippen LogP contribution in [0.3, 0.4) is 0 Å². The van der Waals surface area contributed by atoms with Crippen molar-refractivity contribution in [3.8, 4) is 0 Å². The van der Waals surface area contributed by atoms with Crippen LogP contribution in [-0.2, 0) is 0 Å². The van der Waals surface area contributed by atoms with E-state index in [4.69, 9.17) is 4.42 Å². The average Bonchev–Trinajstić information content (AvgIpc) is 2.78. The molecular weight excluding hydrogens is 405 g/mol. The molecule has 1 atom stereocenters. The van der Waals surface area contributed by atoms with Crippen LogP contribution in [0.5, 0.6) is 0 Å². The quantitative estimate of drug-likeness (QED) is 0.708. The van der Waals surface area contributed by atoms with Gasteiger partial charge in [0, 0.05) is 3.57 Å². The summed E-state index contributed by atoms with van der Waals surface area (Å²) in [6.45, 7) is 3.12. The van der Waals surface area contributed by atoms with Gasteiger partial charge in [-0.1, -0.05) is 25.1 Å². The Kier molecular flexibility index (Phi) is 5.26. The summed E-state index contributed by atoms with van der Waals surface area (Å²) >= 11 is 5.91. The zero-order valence-corrected chi connectivity index (χ0v) is 13.9. The molecule has 0 spiro atoms. The fourth-order valence-corrected chi connectivity index (χ4v) is 2.98. The molecule has 96 valence electrons. The summed E-state index contributed by atoms with van der Waals surface area (Å²) in [5.74, 6) is 0.938. The van der Waals surface area contributed by atoms with E-state index in [0.717, 1.165) is 23.2 Å². The van der Waals surface area contributed by atoms with Crippen LogP contribution in [0, 0.1) is 3.57 Å². The van der Waals surface area contributed by atoms with Gasteiger partial charge in [-0.2, -0.15) is 0 Å². The lowest BCUT2D eigenvalue weighted by molar-refractivity contribution is 0.443. The van der Waals surface area contributed by atoms with Crippen molar-refractivity contribution < 1.29 is 4.42 Å². The normalized spacial score (nSPS) is 12.6. The minimum absolute atomic E-state index is 0.0995. The average molecular weight is 420 g/mol. The Hall–Kier alpha value is -0.330. The van der Waals surface area contributed by atoms with Crippen LogP contribution in [0.2, 0.25) is 0 Å². The van der Waals surface area contributed by atoms with Gasteiger partial charge in [0.25, 0.3) is 0 Å². The van der Waals surface area contributed by atoms with E-state index < -0.39 is 0 Å². The first-order chi connectivity index (χ1) is 8.74. The Morgan fingerprint density at radius 2 is 2.11 bits per heavy atom. The molecule has 1 heterocycles. The van der Waals surface area contributed by atoms with Gasteiger partial charge in [0.05, 0.1) is 16.8 Å². The topological polar surface area (TPSA) is 25.2 Å². The lowest BCUT2D eigenvalue weighted by Gasteiger charge is -2.18. The molecule has 2 aromatic rings. The summed E-state index contributed by atoms with van der Waals surface area (Å²) in [4.78, 5) is 0. The van der Waals surface area contributed by atoms with E-state index in [0.29, 0.717) is 0 Å². The van der Waals surface area contributed by atoms with E-state index in [2.05, 4.69) is 75.0 Å². The molecule has 0 aliphatic carbocycles. The zero-order chi connectivity index (χ0) is 13.0. The van der Waals surface area contributed by atoms with Crippen molar-refractivity contribution in [2.45, 2.75) is 19.4 Å². The molecule has 0 amide bonds. The summed E-state index contributed by atoms with van der Waals surface area (Å²) in [5, 5.41) is 3.54. The third-order valence-electron chi connectivity index (χ3n) is 2.72. The maximum Gasteiger partial charge on any atom is 0.139 e. The maximum atomic E-state index is 5.62. The number of hydrogen-bond acceptors (Lipinski definition) is 2. The number of nitrogens with one attached hydrogen (secondary N) is 1. The smallest absolute Gasteiger partial charge is 0.139 e. The highest BCUT2D eigenvalue weighted by atomic mass is 127. The molecule has 4 heteroatoms. The van der Waals surface area contributed by atoms with Gasteiger partial charge in [0.2, 0.25) is 0 Å². The molecule has 2 nitrogen and oxygen atoms in total. The molecule has 1 aromatic heterocycles. The Bertz CT molecular complexity index is 512. The van der Waals surface area contributed by atoms with Gasteiger partial charge in [-0.3, -0.25) is 0 Å². The van der Waals surface area contributed by atoms with Gasteiger partial charge >= 0.3 is 0 Å². The Balaban J connectivity index is 2.37. The fraction of sp³-hybridized carbons (Fsp3) is 0.286. The first kappa shape index (κ1) is 14.1. The van der Waals surface area contributed by atoms with Crippen molar-refractivity contribution in [3.05, 3.63) is 56.0 Å². The second-order valence-electron chi connectivity index (χ2n) is 4.04. The van der Waals surface area contributed by atoms with Gasteiger partial charge in [0.1, 0.15) is 5.76 Å². The molecule has 0 aliphatic rings. The largest absolute Gasteiger partial charge is 0.466 e. The van der Waals surface area contributed by atoms with Gasteiger partial charge in [-0.25, -0.2) is 0 Å². The Morgan fingerprint density at radius 3 is 2.72 bits per heavy atom. The lowest BCUT2D eigenvalue weighted by Crippen LogP contribution is -2.23. The number of furan rings is 1. The maximum absolute atomic E-state index is 5.62. The number of rotatable bonds is 5. The van der Waals surface area contributed by atoms with Crippen LogP contribution in [0.25, 0.3) is 0 Å². The highest BCUT2D eigenvalue weighted by Crippen LogP contribution is 2.31. The van der Waals surface area contributed by atoms with Crippen molar-refractivity contribution in [3.63, 3.8) is 0 Å². The van der Waals surface area contributed by atoms with Crippen molar-refractivity contribution in [2.75, 3.05) is 6.54 Å². The molecule has 2 rings (SSSR count). The van der Waals surface area contributed by atoms with Crippen LogP contribution in [-0.4, -0.2) is 6.54 Å². The van der Waals surface area contributed by atoms with Gasteiger partial charge in [0.15, 0.2) is 0 Å². The molecule has 1 unspecified atom stereocenters. The Labute approximate surface area is 129 Å². The van der Waals surface area contributed by atoms with E-state index in [-0.39, 0.29) is 6.04 Å². The van der Waals surface area contributed by atoms with Crippen molar-refractivity contribution in [2.24, 2.45) is 0 Å². The molecule has 0 fully saturated rings. The minimum atomic E-state index is 0.0995. The molecule has 0 saturated heterocycles. The van der Waals surface area contributed by atoms with Crippen molar-refractivity contribution >= 4 is 38.5 Å². The van der Waals surface area contributed by atoms with E-state index in [9.17, 15) is 0 Å². The molecule has 1 N–H and O–H groups in total. The van der Waals surface area contributed by atoms with E-state index >= 15 is 0 Å². The molecule has 18 heavy (non-hydrogen) atoms. The number of hydrogen-bond donors (Lipinski definition) is 1. The summed E-state index contributed by atoms with van der Waals surface area (Å²) in [6, 6.07) is 10.4. The molecular formula is C14H15BrINO. The minimum Gasteiger partial charge on any atom is -0.466 e. The highest BCUT2D eigenvalue weighted by molar-refractivity contribution is 14.1. The molecule has 0 bridgehead atoms. The Morgan fingerprint density at radius 1 is 1.33 bits per heavy atom. The third kappa shape index (κ3) is 3.16. The zero-order valence-electron chi connectivity index (χ0n) is 10.1. The first-order valence-electron chi connectivity index (χ1n) is 5.94. The monoisotopic (exact) mass is 419 g/mol. The second-order valence-corrected chi connectivity index (χ2v) is 6.06. The van der Waals surface area contributed by atoms with Crippen molar-refractivity contribution in [1.29, 1.82) is 0 Å².